The Morgan fingerprint density at radius 2 is 1.84 bits per heavy atom. The summed E-state index contributed by atoms with van der Waals surface area (Å²) in [6, 6.07) is 9.83. The van der Waals surface area contributed by atoms with E-state index >= 15 is 0 Å². The van der Waals surface area contributed by atoms with Gasteiger partial charge in [-0.25, -0.2) is 4.98 Å². The van der Waals surface area contributed by atoms with Crippen molar-refractivity contribution in [2.75, 3.05) is 5.73 Å². The molecule has 0 spiro atoms. The molecule has 0 unspecified atom stereocenters. The van der Waals surface area contributed by atoms with E-state index in [0.717, 1.165) is 22.5 Å². The number of benzene rings is 1. The van der Waals surface area contributed by atoms with Crippen LogP contribution in [0.15, 0.2) is 42.7 Å². The van der Waals surface area contributed by atoms with Gasteiger partial charge in [0, 0.05) is 17.3 Å². The average Bonchev–Trinajstić information content (AvgIpc) is 2.83. The fourth-order valence-corrected chi connectivity index (χ4v) is 2.19. The Balaban J connectivity index is 2.10. The first-order valence-corrected chi connectivity index (χ1v) is 6.23. The maximum Gasteiger partial charge on any atom is 0.117 e. The number of imidazole rings is 1. The quantitative estimate of drug-likeness (QED) is 0.689. The summed E-state index contributed by atoms with van der Waals surface area (Å²) >= 11 is 0. The zero-order valence-corrected chi connectivity index (χ0v) is 11.0. The monoisotopic (exact) mass is 252 g/mol. The summed E-state index contributed by atoms with van der Waals surface area (Å²) in [6.45, 7) is 4.29. The highest BCUT2D eigenvalue weighted by Crippen LogP contribution is 2.30. The van der Waals surface area contributed by atoms with Gasteiger partial charge in [0.1, 0.15) is 5.82 Å². The molecule has 0 aliphatic rings. The molecule has 0 fully saturated rings. The molecule has 0 atom stereocenters. The van der Waals surface area contributed by atoms with Crippen molar-refractivity contribution in [3.63, 3.8) is 0 Å². The van der Waals surface area contributed by atoms with Gasteiger partial charge >= 0.3 is 0 Å². The van der Waals surface area contributed by atoms with E-state index in [-0.39, 0.29) is 5.41 Å². The third-order valence-corrected chi connectivity index (χ3v) is 3.51. The lowest BCUT2D eigenvalue weighted by Crippen LogP contribution is -2.20. The van der Waals surface area contributed by atoms with Crippen LogP contribution in [0.4, 0.5) is 5.69 Å². The Labute approximate surface area is 111 Å². The summed E-state index contributed by atoms with van der Waals surface area (Å²) in [5.74, 6) is 0.931. The molecule has 4 heteroatoms. The lowest BCUT2D eigenvalue weighted by atomic mass is 9.84. The van der Waals surface area contributed by atoms with Crippen molar-refractivity contribution < 1.29 is 0 Å². The molecule has 3 rings (SSSR count). The van der Waals surface area contributed by atoms with Crippen LogP contribution in [0.3, 0.4) is 0 Å². The highest BCUT2D eigenvalue weighted by molar-refractivity contribution is 5.74. The Morgan fingerprint density at radius 1 is 1.11 bits per heavy atom. The van der Waals surface area contributed by atoms with Crippen LogP contribution < -0.4 is 5.73 Å². The maximum atomic E-state index is 5.74. The van der Waals surface area contributed by atoms with E-state index in [1.807, 2.05) is 30.3 Å². The van der Waals surface area contributed by atoms with Crippen molar-refractivity contribution >= 4 is 16.7 Å². The molecule has 96 valence electrons. The molecular formula is C15H16N4. The van der Waals surface area contributed by atoms with E-state index in [9.17, 15) is 0 Å². The third-order valence-electron chi connectivity index (χ3n) is 3.51. The SMILES string of the molecule is CC(C)(c1ccc(N)cc1)c1nc2ccncc2[nH]1. The minimum absolute atomic E-state index is 0.202. The van der Waals surface area contributed by atoms with Gasteiger partial charge in [-0.3, -0.25) is 4.98 Å². The van der Waals surface area contributed by atoms with Crippen LogP contribution in [0.25, 0.3) is 11.0 Å². The second kappa shape index (κ2) is 4.09. The number of hydrogen-bond donors (Lipinski definition) is 2. The van der Waals surface area contributed by atoms with E-state index in [4.69, 9.17) is 5.73 Å². The number of fused-ring (bicyclic) bond motifs is 1. The number of nitrogens with two attached hydrogens (primary N) is 1. The summed E-state index contributed by atoms with van der Waals surface area (Å²) in [7, 11) is 0. The minimum Gasteiger partial charge on any atom is -0.399 e. The summed E-state index contributed by atoms with van der Waals surface area (Å²) < 4.78 is 0. The van der Waals surface area contributed by atoms with E-state index < -0.39 is 0 Å². The highest BCUT2D eigenvalue weighted by Gasteiger charge is 2.26. The van der Waals surface area contributed by atoms with Crippen molar-refractivity contribution in [3.05, 3.63) is 54.1 Å². The molecule has 0 saturated heterocycles. The van der Waals surface area contributed by atoms with Crippen LogP contribution in [-0.2, 0) is 5.41 Å². The molecule has 0 aliphatic carbocycles. The molecule has 0 saturated carbocycles. The number of nitrogens with zero attached hydrogens (tertiary/aromatic N) is 2. The van der Waals surface area contributed by atoms with Crippen LogP contribution in [-0.4, -0.2) is 15.0 Å². The molecule has 3 aromatic rings. The molecule has 0 bridgehead atoms. The summed E-state index contributed by atoms with van der Waals surface area (Å²) in [5.41, 5.74) is 9.38. The lowest BCUT2D eigenvalue weighted by molar-refractivity contribution is 0.601. The summed E-state index contributed by atoms with van der Waals surface area (Å²) in [4.78, 5) is 12.1. The van der Waals surface area contributed by atoms with Crippen LogP contribution in [0.5, 0.6) is 0 Å². The number of rotatable bonds is 2. The molecular weight excluding hydrogens is 236 g/mol. The number of aromatic nitrogens is 3. The zero-order chi connectivity index (χ0) is 13.5. The van der Waals surface area contributed by atoms with E-state index in [1.54, 1.807) is 12.4 Å². The molecule has 4 nitrogen and oxygen atoms in total. The molecule has 2 heterocycles. The van der Waals surface area contributed by atoms with Gasteiger partial charge < -0.3 is 10.7 Å². The zero-order valence-electron chi connectivity index (χ0n) is 11.0. The average molecular weight is 252 g/mol. The topological polar surface area (TPSA) is 67.6 Å². The maximum absolute atomic E-state index is 5.74. The Kier molecular flexibility index (Phi) is 2.52. The van der Waals surface area contributed by atoms with Gasteiger partial charge in [-0.05, 0) is 37.6 Å². The number of pyridine rings is 1. The number of aromatic amines is 1. The van der Waals surface area contributed by atoms with E-state index in [1.165, 1.54) is 5.56 Å². The smallest absolute Gasteiger partial charge is 0.117 e. The second-order valence-electron chi connectivity index (χ2n) is 5.23. The number of H-pyrrole nitrogens is 1. The van der Waals surface area contributed by atoms with Gasteiger partial charge in [-0.2, -0.15) is 0 Å². The third kappa shape index (κ3) is 1.95. The van der Waals surface area contributed by atoms with Crippen LogP contribution in [0, 0.1) is 0 Å². The fourth-order valence-electron chi connectivity index (χ4n) is 2.19. The van der Waals surface area contributed by atoms with Crippen molar-refractivity contribution in [3.8, 4) is 0 Å². The first kappa shape index (κ1) is 11.7. The molecule has 0 aliphatic heterocycles. The summed E-state index contributed by atoms with van der Waals surface area (Å²) in [5, 5.41) is 0. The molecule has 1 aromatic carbocycles. The van der Waals surface area contributed by atoms with Crippen molar-refractivity contribution in [2.45, 2.75) is 19.3 Å². The van der Waals surface area contributed by atoms with Gasteiger partial charge in [0.2, 0.25) is 0 Å². The van der Waals surface area contributed by atoms with Crippen molar-refractivity contribution in [1.82, 2.24) is 15.0 Å². The molecule has 0 radical (unpaired) electrons. The number of nitrogen functional groups attached to an aromatic ring is 1. The van der Waals surface area contributed by atoms with Crippen LogP contribution >= 0.6 is 0 Å². The fraction of sp³-hybridized carbons (Fsp3) is 0.200. The van der Waals surface area contributed by atoms with Gasteiger partial charge in [0.25, 0.3) is 0 Å². The largest absolute Gasteiger partial charge is 0.399 e. The van der Waals surface area contributed by atoms with Crippen molar-refractivity contribution in [2.24, 2.45) is 0 Å². The number of nitrogens with one attached hydrogen (secondary N) is 1. The lowest BCUT2D eigenvalue weighted by Gasteiger charge is -2.22. The van der Waals surface area contributed by atoms with Gasteiger partial charge in [0.15, 0.2) is 0 Å². The van der Waals surface area contributed by atoms with Gasteiger partial charge in [0.05, 0.1) is 17.2 Å². The standard InChI is InChI=1S/C15H16N4/c1-15(2,10-3-5-11(16)6-4-10)14-18-12-7-8-17-9-13(12)19-14/h3-9H,16H2,1-2H3,(H,18,19). The molecule has 0 amide bonds. The summed E-state index contributed by atoms with van der Waals surface area (Å²) in [6.07, 6.45) is 3.55. The van der Waals surface area contributed by atoms with Gasteiger partial charge in [-0.1, -0.05) is 12.1 Å². The Hall–Kier alpha value is -2.36. The highest BCUT2D eigenvalue weighted by atomic mass is 14.9. The van der Waals surface area contributed by atoms with E-state index in [0.29, 0.717) is 0 Å². The minimum atomic E-state index is -0.202. The predicted molar refractivity (Wildman–Crippen MR) is 76.9 cm³/mol. The van der Waals surface area contributed by atoms with Crippen LogP contribution in [0.1, 0.15) is 25.2 Å². The van der Waals surface area contributed by atoms with E-state index in [2.05, 4.69) is 28.8 Å². The Morgan fingerprint density at radius 3 is 2.53 bits per heavy atom. The second-order valence-corrected chi connectivity index (χ2v) is 5.23. The Bertz CT molecular complexity index is 677. The van der Waals surface area contributed by atoms with Crippen LogP contribution in [0.2, 0.25) is 0 Å². The predicted octanol–water partition coefficient (Wildman–Crippen LogP) is 2.87. The van der Waals surface area contributed by atoms with Gasteiger partial charge in [-0.15, -0.1) is 0 Å². The first-order valence-electron chi connectivity index (χ1n) is 6.23. The molecule has 2 aromatic heterocycles. The number of anilines is 1. The first-order chi connectivity index (χ1) is 9.07. The molecule has 3 N–H and O–H groups in total. The van der Waals surface area contributed by atoms with Crippen molar-refractivity contribution in [1.29, 1.82) is 0 Å². The molecule has 19 heavy (non-hydrogen) atoms. The number of hydrogen-bond acceptors (Lipinski definition) is 3. The normalized spacial score (nSPS) is 11.9.